The average Bonchev–Trinajstić information content (AvgIpc) is 2.72. The molecule has 3 aromatic rings. The van der Waals surface area contributed by atoms with Gasteiger partial charge in [-0.05, 0) is 54.1 Å². The molecule has 0 aliphatic carbocycles. The first-order valence-corrected chi connectivity index (χ1v) is 9.42. The number of benzene rings is 3. The molecule has 3 nitrogen and oxygen atoms in total. The van der Waals surface area contributed by atoms with E-state index in [1.165, 1.54) is 6.07 Å². The minimum absolute atomic E-state index is 0.0605. The zero-order valence-corrected chi connectivity index (χ0v) is 16.8. The molecule has 0 unspecified atom stereocenters. The molecule has 0 saturated carbocycles. The van der Waals surface area contributed by atoms with E-state index in [9.17, 15) is 4.39 Å². The minimum atomic E-state index is -0.381. The van der Waals surface area contributed by atoms with Crippen LogP contribution in [0.15, 0.2) is 66.7 Å². The Balaban J connectivity index is 1.55. The first-order valence-electron chi connectivity index (χ1n) is 8.63. The number of hydrogen-bond acceptors (Lipinski definition) is 3. The molecule has 28 heavy (non-hydrogen) atoms. The summed E-state index contributed by atoms with van der Waals surface area (Å²) in [6.45, 7) is 0.678. The van der Waals surface area contributed by atoms with E-state index in [0.717, 1.165) is 16.9 Å². The molecular weight excluding hydrogens is 397 g/mol. The number of ether oxygens (including phenoxy) is 2. The van der Waals surface area contributed by atoms with Crippen LogP contribution in [0.5, 0.6) is 11.5 Å². The van der Waals surface area contributed by atoms with Crippen molar-refractivity contribution >= 4 is 28.8 Å². The van der Waals surface area contributed by atoms with Crippen LogP contribution >= 0.6 is 23.8 Å². The zero-order valence-electron chi connectivity index (χ0n) is 15.2. The van der Waals surface area contributed by atoms with E-state index < -0.39 is 0 Å². The monoisotopic (exact) mass is 415 g/mol. The van der Waals surface area contributed by atoms with Gasteiger partial charge in [-0.15, -0.1) is 0 Å². The maximum Gasteiger partial charge on any atom is 0.131 e. The molecule has 0 aliphatic rings. The molecule has 3 rings (SSSR count). The largest absolute Gasteiger partial charge is 0.497 e. The van der Waals surface area contributed by atoms with Crippen molar-refractivity contribution in [2.45, 2.75) is 13.2 Å². The van der Waals surface area contributed by atoms with E-state index in [1.54, 1.807) is 31.4 Å². The van der Waals surface area contributed by atoms with Crippen LogP contribution in [0.4, 0.5) is 4.39 Å². The molecule has 0 atom stereocenters. The van der Waals surface area contributed by atoms with Crippen LogP contribution < -0.4 is 14.8 Å². The minimum Gasteiger partial charge on any atom is -0.497 e. The SMILES string of the molecule is COc1ccc(CNC(=S)c2ccc(OCc3c(F)cccc3Cl)cc2)cc1. The second kappa shape index (κ2) is 9.53. The lowest BCUT2D eigenvalue weighted by Crippen LogP contribution is -2.21. The molecule has 0 amide bonds. The van der Waals surface area contributed by atoms with Gasteiger partial charge in [0.25, 0.3) is 0 Å². The van der Waals surface area contributed by atoms with Crippen LogP contribution in [0.25, 0.3) is 0 Å². The predicted octanol–water partition coefficient (Wildman–Crippen LogP) is 5.53. The summed E-state index contributed by atoms with van der Waals surface area (Å²) in [7, 11) is 1.64. The molecule has 0 bridgehead atoms. The van der Waals surface area contributed by atoms with E-state index in [-0.39, 0.29) is 12.4 Å². The Hall–Kier alpha value is -2.63. The molecule has 0 fully saturated rings. The summed E-state index contributed by atoms with van der Waals surface area (Å²) in [5.74, 6) is 1.05. The van der Waals surface area contributed by atoms with Gasteiger partial charge in [-0.3, -0.25) is 0 Å². The Morgan fingerprint density at radius 3 is 2.32 bits per heavy atom. The Morgan fingerprint density at radius 1 is 1.00 bits per heavy atom. The number of rotatable bonds is 7. The van der Waals surface area contributed by atoms with Gasteiger partial charge >= 0.3 is 0 Å². The molecule has 0 spiro atoms. The van der Waals surface area contributed by atoms with Crippen LogP contribution in [-0.4, -0.2) is 12.1 Å². The van der Waals surface area contributed by atoms with Crippen LogP contribution in [0.1, 0.15) is 16.7 Å². The van der Waals surface area contributed by atoms with Crippen LogP contribution in [-0.2, 0) is 13.2 Å². The highest BCUT2D eigenvalue weighted by molar-refractivity contribution is 7.80. The maximum absolute atomic E-state index is 13.8. The van der Waals surface area contributed by atoms with E-state index in [4.69, 9.17) is 33.3 Å². The van der Waals surface area contributed by atoms with Crippen molar-refractivity contribution < 1.29 is 13.9 Å². The summed E-state index contributed by atoms with van der Waals surface area (Å²) in [5, 5.41) is 3.58. The van der Waals surface area contributed by atoms with Crippen LogP contribution in [0.3, 0.4) is 0 Å². The summed E-state index contributed by atoms with van der Waals surface area (Å²) in [6, 6.07) is 19.7. The number of hydrogen-bond donors (Lipinski definition) is 1. The third-order valence-electron chi connectivity index (χ3n) is 4.17. The Kier molecular flexibility index (Phi) is 6.85. The molecule has 0 heterocycles. The Labute approximate surface area is 174 Å². The highest BCUT2D eigenvalue weighted by Crippen LogP contribution is 2.22. The molecule has 3 aromatic carbocycles. The fourth-order valence-corrected chi connectivity index (χ4v) is 2.98. The maximum atomic E-state index is 13.8. The van der Waals surface area contributed by atoms with Gasteiger partial charge < -0.3 is 14.8 Å². The van der Waals surface area contributed by atoms with Gasteiger partial charge in [0.15, 0.2) is 0 Å². The zero-order chi connectivity index (χ0) is 19.9. The number of thiocarbonyl (C=S) groups is 1. The molecule has 6 heteroatoms. The van der Waals surface area contributed by atoms with Gasteiger partial charge in [0.2, 0.25) is 0 Å². The van der Waals surface area contributed by atoms with Crippen molar-refractivity contribution in [3.05, 3.63) is 94.3 Å². The lowest BCUT2D eigenvalue weighted by Gasteiger charge is -2.11. The molecule has 1 N–H and O–H groups in total. The quantitative estimate of drug-likeness (QED) is 0.514. The van der Waals surface area contributed by atoms with E-state index in [0.29, 0.717) is 27.9 Å². The second-order valence-electron chi connectivity index (χ2n) is 6.04. The normalized spacial score (nSPS) is 10.4. The molecular formula is C22H19ClFNO2S. The first-order chi connectivity index (χ1) is 13.6. The van der Waals surface area contributed by atoms with E-state index in [1.807, 2.05) is 36.4 Å². The predicted molar refractivity (Wildman–Crippen MR) is 114 cm³/mol. The average molecular weight is 416 g/mol. The van der Waals surface area contributed by atoms with Gasteiger partial charge in [-0.25, -0.2) is 4.39 Å². The van der Waals surface area contributed by atoms with Crippen molar-refractivity contribution in [1.29, 1.82) is 0 Å². The van der Waals surface area contributed by atoms with Gasteiger partial charge in [-0.2, -0.15) is 0 Å². The highest BCUT2D eigenvalue weighted by Gasteiger charge is 2.08. The summed E-state index contributed by atoms with van der Waals surface area (Å²) in [6.07, 6.45) is 0. The fraction of sp³-hybridized carbons (Fsp3) is 0.136. The van der Waals surface area contributed by atoms with E-state index >= 15 is 0 Å². The molecule has 144 valence electrons. The Bertz CT molecular complexity index is 926. The van der Waals surface area contributed by atoms with Gasteiger partial charge in [-0.1, -0.05) is 42.0 Å². The summed E-state index contributed by atoms with van der Waals surface area (Å²) in [4.78, 5) is 0.638. The van der Waals surface area contributed by atoms with Gasteiger partial charge in [0.1, 0.15) is 28.9 Å². The molecule has 0 saturated heterocycles. The Morgan fingerprint density at radius 2 is 1.68 bits per heavy atom. The fourth-order valence-electron chi connectivity index (χ4n) is 2.56. The topological polar surface area (TPSA) is 30.5 Å². The number of halogens is 2. The summed E-state index contributed by atoms with van der Waals surface area (Å²) in [5.41, 5.74) is 2.31. The molecule has 0 aliphatic heterocycles. The molecule has 0 aromatic heterocycles. The third kappa shape index (κ3) is 5.21. The lowest BCUT2D eigenvalue weighted by atomic mass is 10.2. The van der Waals surface area contributed by atoms with Crippen molar-refractivity contribution in [3.8, 4) is 11.5 Å². The summed E-state index contributed by atoms with van der Waals surface area (Å²) >= 11 is 11.5. The van der Waals surface area contributed by atoms with Crippen molar-refractivity contribution in [2.24, 2.45) is 0 Å². The lowest BCUT2D eigenvalue weighted by molar-refractivity contribution is 0.300. The van der Waals surface area contributed by atoms with E-state index in [2.05, 4.69) is 5.32 Å². The number of methoxy groups -OCH3 is 1. The van der Waals surface area contributed by atoms with Gasteiger partial charge in [0.05, 0.1) is 12.1 Å². The van der Waals surface area contributed by atoms with Crippen LogP contribution in [0.2, 0.25) is 5.02 Å². The standard InChI is InChI=1S/C22H19ClFNO2S/c1-26-17-9-5-15(6-10-17)13-25-22(28)16-7-11-18(12-8-16)27-14-19-20(23)3-2-4-21(19)24/h2-12H,13-14H2,1H3,(H,25,28). The summed E-state index contributed by atoms with van der Waals surface area (Å²) < 4.78 is 24.6. The smallest absolute Gasteiger partial charge is 0.131 e. The van der Waals surface area contributed by atoms with Crippen molar-refractivity contribution in [3.63, 3.8) is 0 Å². The van der Waals surface area contributed by atoms with Gasteiger partial charge in [0, 0.05) is 17.7 Å². The van der Waals surface area contributed by atoms with Crippen LogP contribution in [0, 0.1) is 5.82 Å². The second-order valence-corrected chi connectivity index (χ2v) is 6.86. The number of nitrogens with one attached hydrogen (secondary N) is 1. The molecule has 0 radical (unpaired) electrons. The van der Waals surface area contributed by atoms with Crippen molar-refractivity contribution in [2.75, 3.05) is 7.11 Å². The highest BCUT2D eigenvalue weighted by atomic mass is 35.5. The van der Waals surface area contributed by atoms with Crippen molar-refractivity contribution in [1.82, 2.24) is 5.32 Å². The first kappa shape index (κ1) is 20.1. The third-order valence-corrected chi connectivity index (χ3v) is 4.91.